The molecule has 0 atom stereocenters. The summed E-state index contributed by atoms with van der Waals surface area (Å²) in [7, 11) is 1.94. The van der Waals surface area contributed by atoms with Crippen molar-refractivity contribution in [1.82, 2.24) is 21.0 Å². The summed E-state index contributed by atoms with van der Waals surface area (Å²) in [4.78, 5) is 4.36. The highest BCUT2D eigenvalue weighted by molar-refractivity contribution is 5.77. The molecule has 0 saturated carbocycles. The van der Waals surface area contributed by atoms with E-state index in [9.17, 15) is 0 Å². The zero-order chi connectivity index (χ0) is 11.7. The fraction of sp³-hybridized carbons (Fsp3) is 0.250. The number of pyridine rings is 1. The molecule has 1 aromatic heterocycles. The predicted octanol–water partition coefficient (Wildman–Crippen LogP) is 1.51. The Morgan fingerprint density at radius 3 is 2.44 bits per heavy atom. The van der Waals surface area contributed by atoms with Crippen LogP contribution in [0, 0.1) is 13.8 Å². The molecule has 4 nitrogen and oxygen atoms in total. The molecule has 16 heavy (non-hydrogen) atoms. The smallest absolute Gasteiger partial charge is 0.0778 e. The molecular formula is C12H16N4. The maximum atomic E-state index is 4.36. The van der Waals surface area contributed by atoms with Crippen LogP contribution in [-0.2, 0) is 0 Å². The lowest BCUT2D eigenvalue weighted by atomic mass is 10.0. The summed E-state index contributed by atoms with van der Waals surface area (Å²) in [6.07, 6.45) is 1.90. The summed E-state index contributed by atoms with van der Waals surface area (Å²) < 4.78 is 0. The van der Waals surface area contributed by atoms with Gasteiger partial charge in [0.25, 0.3) is 0 Å². The fourth-order valence-electron chi connectivity index (χ4n) is 1.80. The van der Waals surface area contributed by atoms with Crippen LogP contribution in [0.15, 0.2) is 30.6 Å². The summed E-state index contributed by atoms with van der Waals surface area (Å²) in [5.74, 6) is 0. The van der Waals surface area contributed by atoms with Gasteiger partial charge in [-0.15, -0.1) is 5.53 Å². The highest BCUT2D eigenvalue weighted by Crippen LogP contribution is 2.24. The first-order valence-corrected chi connectivity index (χ1v) is 5.18. The van der Waals surface area contributed by atoms with Gasteiger partial charge in [0.2, 0.25) is 0 Å². The number of likely N-dealkylation sites (N-methyl/N-ethyl adjacent to an activating group) is 1. The molecule has 1 aromatic rings. The van der Waals surface area contributed by atoms with Crippen molar-refractivity contribution < 1.29 is 0 Å². The largest absolute Gasteiger partial charge is 0.309 e. The zero-order valence-electron chi connectivity index (χ0n) is 9.83. The van der Waals surface area contributed by atoms with Gasteiger partial charge >= 0.3 is 0 Å². The van der Waals surface area contributed by atoms with Crippen molar-refractivity contribution >= 4 is 5.57 Å². The lowest BCUT2D eigenvalue weighted by molar-refractivity contribution is 0.316. The first-order valence-electron chi connectivity index (χ1n) is 5.18. The number of allylic oxidation sites excluding steroid dienone is 1. The summed E-state index contributed by atoms with van der Waals surface area (Å²) in [5.41, 5.74) is 11.0. The van der Waals surface area contributed by atoms with Crippen molar-refractivity contribution in [2.45, 2.75) is 13.8 Å². The Kier molecular flexibility index (Phi) is 2.66. The van der Waals surface area contributed by atoms with E-state index in [-0.39, 0.29) is 0 Å². The molecule has 0 spiro atoms. The number of aryl methyl sites for hydroxylation is 2. The lowest BCUT2D eigenvalue weighted by Gasteiger charge is -2.17. The molecule has 2 N–H and O–H groups in total. The van der Waals surface area contributed by atoms with E-state index in [2.05, 4.69) is 22.5 Å². The van der Waals surface area contributed by atoms with Gasteiger partial charge < -0.3 is 5.43 Å². The molecule has 0 aromatic carbocycles. The number of nitrogens with zero attached hydrogens (tertiary/aromatic N) is 2. The third-order valence-corrected chi connectivity index (χ3v) is 2.54. The lowest BCUT2D eigenvalue weighted by Crippen LogP contribution is -2.34. The summed E-state index contributed by atoms with van der Waals surface area (Å²) in [6, 6.07) is 4.09. The monoisotopic (exact) mass is 216 g/mol. The van der Waals surface area contributed by atoms with Gasteiger partial charge in [-0.3, -0.25) is 9.99 Å². The predicted molar refractivity (Wildman–Crippen MR) is 64.9 cm³/mol. The van der Waals surface area contributed by atoms with Gasteiger partial charge in [0.1, 0.15) is 0 Å². The Morgan fingerprint density at radius 2 is 1.94 bits per heavy atom. The minimum Gasteiger partial charge on any atom is -0.309 e. The first-order chi connectivity index (χ1) is 7.58. The Balaban J connectivity index is 2.34. The Bertz CT molecular complexity index is 442. The van der Waals surface area contributed by atoms with Crippen LogP contribution in [0.4, 0.5) is 0 Å². The molecule has 84 valence electrons. The van der Waals surface area contributed by atoms with E-state index >= 15 is 0 Å². The molecule has 4 heteroatoms. The van der Waals surface area contributed by atoms with Crippen LogP contribution in [-0.4, -0.2) is 17.0 Å². The van der Waals surface area contributed by atoms with Crippen LogP contribution in [0.5, 0.6) is 0 Å². The fourth-order valence-corrected chi connectivity index (χ4v) is 1.80. The van der Waals surface area contributed by atoms with E-state index < -0.39 is 0 Å². The van der Waals surface area contributed by atoms with Crippen molar-refractivity contribution in [1.29, 1.82) is 0 Å². The minimum absolute atomic E-state index is 0.980. The average molecular weight is 216 g/mol. The number of hydrazine groups is 2. The van der Waals surface area contributed by atoms with E-state index in [4.69, 9.17) is 0 Å². The van der Waals surface area contributed by atoms with Gasteiger partial charge in [0, 0.05) is 30.2 Å². The molecule has 2 heterocycles. The summed E-state index contributed by atoms with van der Waals surface area (Å²) >= 11 is 0. The van der Waals surface area contributed by atoms with Crippen LogP contribution in [0.1, 0.15) is 17.0 Å². The molecule has 0 bridgehead atoms. The van der Waals surface area contributed by atoms with Crippen LogP contribution in [0.25, 0.3) is 5.57 Å². The second-order valence-electron chi connectivity index (χ2n) is 3.96. The third-order valence-electron chi connectivity index (χ3n) is 2.54. The van der Waals surface area contributed by atoms with Gasteiger partial charge in [0.15, 0.2) is 0 Å². The topological polar surface area (TPSA) is 40.2 Å². The van der Waals surface area contributed by atoms with Gasteiger partial charge in [0.05, 0.1) is 5.70 Å². The van der Waals surface area contributed by atoms with E-state index in [1.807, 2.05) is 44.2 Å². The van der Waals surface area contributed by atoms with Crippen molar-refractivity contribution in [3.8, 4) is 0 Å². The SMILES string of the molecule is C=C(C1=CNNN1C)c1cc(C)nc(C)c1. The normalized spacial score (nSPS) is 14.7. The molecule has 0 radical (unpaired) electrons. The highest BCUT2D eigenvalue weighted by Gasteiger charge is 2.14. The Hall–Kier alpha value is -1.81. The summed E-state index contributed by atoms with van der Waals surface area (Å²) in [6.45, 7) is 8.11. The standard InChI is InChI=1S/C12H16N4/c1-8-5-11(6-9(2)14-8)10(3)12-7-13-15-16(12)4/h5-7,13,15H,3H2,1-2,4H3. The van der Waals surface area contributed by atoms with E-state index in [1.165, 1.54) is 0 Å². The van der Waals surface area contributed by atoms with E-state index in [1.54, 1.807) is 0 Å². The van der Waals surface area contributed by atoms with Gasteiger partial charge in [-0.05, 0) is 31.5 Å². The number of nitrogens with one attached hydrogen (secondary N) is 2. The Labute approximate surface area is 95.6 Å². The number of hydrogen-bond acceptors (Lipinski definition) is 4. The second-order valence-corrected chi connectivity index (χ2v) is 3.96. The van der Waals surface area contributed by atoms with E-state index in [0.29, 0.717) is 0 Å². The van der Waals surface area contributed by atoms with E-state index in [0.717, 1.165) is 28.2 Å². The maximum Gasteiger partial charge on any atom is 0.0778 e. The third kappa shape index (κ3) is 1.92. The van der Waals surface area contributed by atoms with Crippen molar-refractivity contribution in [2.75, 3.05) is 7.05 Å². The zero-order valence-corrected chi connectivity index (χ0v) is 9.83. The van der Waals surface area contributed by atoms with Crippen LogP contribution in [0.3, 0.4) is 0 Å². The molecule has 1 aliphatic heterocycles. The van der Waals surface area contributed by atoms with Gasteiger partial charge in [-0.1, -0.05) is 6.58 Å². The van der Waals surface area contributed by atoms with Gasteiger partial charge in [-0.25, -0.2) is 0 Å². The molecule has 0 aliphatic carbocycles. The number of rotatable bonds is 2. The molecule has 0 amide bonds. The molecule has 0 fully saturated rings. The Morgan fingerprint density at radius 1 is 1.31 bits per heavy atom. The average Bonchev–Trinajstić information content (AvgIpc) is 2.62. The van der Waals surface area contributed by atoms with Gasteiger partial charge in [-0.2, -0.15) is 0 Å². The van der Waals surface area contributed by atoms with Crippen molar-refractivity contribution in [3.63, 3.8) is 0 Å². The molecule has 1 aliphatic rings. The molecule has 0 unspecified atom stereocenters. The van der Waals surface area contributed by atoms with Crippen LogP contribution < -0.4 is 11.0 Å². The number of hydrogen-bond donors (Lipinski definition) is 2. The van der Waals surface area contributed by atoms with Crippen LogP contribution in [0.2, 0.25) is 0 Å². The summed E-state index contributed by atoms with van der Waals surface area (Å²) in [5, 5.41) is 1.90. The quantitative estimate of drug-likeness (QED) is 0.786. The highest BCUT2D eigenvalue weighted by atomic mass is 15.7. The van der Waals surface area contributed by atoms with Crippen molar-refractivity contribution in [2.24, 2.45) is 0 Å². The minimum atomic E-state index is 0.980. The molecular weight excluding hydrogens is 200 g/mol. The second kappa shape index (κ2) is 3.98. The van der Waals surface area contributed by atoms with Crippen LogP contribution >= 0.6 is 0 Å². The first kappa shape index (κ1) is 10.7. The molecule has 0 saturated heterocycles. The number of aromatic nitrogens is 1. The molecule has 2 rings (SSSR count). The maximum absolute atomic E-state index is 4.36. The van der Waals surface area contributed by atoms with Crippen molar-refractivity contribution in [3.05, 3.63) is 47.6 Å².